The smallest absolute Gasteiger partial charge is 0.293 e. The summed E-state index contributed by atoms with van der Waals surface area (Å²) in [7, 11) is 0. The maximum atomic E-state index is 12.2. The number of oxime groups is 1. The average Bonchev–Trinajstić information content (AvgIpc) is 2.65. The Morgan fingerprint density at radius 1 is 1.32 bits per heavy atom. The molecule has 0 aromatic heterocycles. The van der Waals surface area contributed by atoms with Crippen LogP contribution in [0, 0.1) is 10.1 Å². The normalized spacial score (nSPS) is 14.7. The molecule has 0 bridgehead atoms. The van der Waals surface area contributed by atoms with E-state index >= 15 is 0 Å². The number of hydrogen-bond donors (Lipinski definition) is 0. The number of carbonyl (C=O) groups excluding carboxylic acids is 1. The molecule has 2 rings (SSSR count). The molecule has 9 nitrogen and oxygen atoms in total. The average molecular weight is 392 g/mol. The van der Waals surface area contributed by atoms with Gasteiger partial charge in [-0.2, -0.15) is 0 Å². The van der Waals surface area contributed by atoms with Crippen LogP contribution in [0.3, 0.4) is 0 Å². The van der Waals surface area contributed by atoms with Gasteiger partial charge in [-0.1, -0.05) is 11.2 Å². The second kappa shape index (κ2) is 10.0. The topological polar surface area (TPSA) is 97.5 Å². The molecule has 154 valence electrons. The number of amides is 1. The first-order valence-electron chi connectivity index (χ1n) is 9.39. The summed E-state index contributed by atoms with van der Waals surface area (Å²) in [6.45, 7) is 9.90. The quantitative estimate of drug-likeness (QED) is 0.383. The van der Waals surface area contributed by atoms with Crippen molar-refractivity contribution in [1.82, 2.24) is 4.90 Å². The van der Waals surface area contributed by atoms with Gasteiger partial charge in [-0.05, 0) is 33.8 Å². The van der Waals surface area contributed by atoms with E-state index in [0.717, 1.165) is 0 Å². The Morgan fingerprint density at radius 3 is 2.54 bits per heavy atom. The number of ether oxygens (including phenoxy) is 1. The number of hydrogen-bond acceptors (Lipinski definition) is 7. The molecule has 0 saturated carbocycles. The standard InChI is InChI=1S/C19H28N4O5/c1-14(2)22(15(3)4)19(24)13-28-20-12-16-5-6-17(18(11-16)23(25)26)21-7-9-27-10-8-21/h5-6,11-12,14-15H,7-10,13H2,1-4H3/b20-12-. The predicted octanol–water partition coefficient (Wildman–Crippen LogP) is 2.43. The van der Waals surface area contributed by atoms with Crippen LogP contribution in [-0.2, 0) is 14.4 Å². The Morgan fingerprint density at radius 2 is 1.96 bits per heavy atom. The Bertz CT molecular complexity index is 706. The molecule has 1 fully saturated rings. The Kier molecular flexibility index (Phi) is 7.74. The van der Waals surface area contributed by atoms with Crippen LogP contribution < -0.4 is 4.90 Å². The molecule has 1 heterocycles. The van der Waals surface area contributed by atoms with Gasteiger partial charge in [0, 0.05) is 36.8 Å². The van der Waals surface area contributed by atoms with Crippen molar-refractivity contribution in [2.45, 2.75) is 39.8 Å². The SMILES string of the molecule is CC(C)N(C(=O)CO/N=C\c1ccc(N2CCOCC2)c([N+](=O)[O-])c1)C(C)C. The van der Waals surface area contributed by atoms with Gasteiger partial charge in [0.25, 0.3) is 11.6 Å². The van der Waals surface area contributed by atoms with Crippen LogP contribution in [0.25, 0.3) is 0 Å². The van der Waals surface area contributed by atoms with Crippen molar-refractivity contribution < 1.29 is 19.3 Å². The molecular formula is C19H28N4O5. The van der Waals surface area contributed by atoms with E-state index in [4.69, 9.17) is 9.57 Å². The Labute approximate surface area is 165 Å². The van der Waals surface area contributed by atoms with E-state index in [-0.39, 0.29) is 30.3 Å². The van der Waals surface area contributed by atoms with Gasteiger partial charge in [0.05, 0.1) is 24.4 Å². The number of benzene rings is 1. The van der Waals surface area contributed by atoms with E-state index in [2.05, 4.69) is 5.16 Å². The van der Waals surface area contributed by atoms with Crippen LogP contribution in [0.5, 0.6) is 0 Å². The summed E-state index contributed by atoms with van der Waals surface area (Å²) in [4.78, 5) is 32.0. The van der Waals surface area contributed by atoms with Gasteiger partial charge in [0.2, 0.25) is 0 Å². The molecule has 0 aliphatic carbocycles. The zero-order chi connectivity index (χ0) is 20.7. The predicted molar refractivity (Wildman–Crippen MR) is 107 cm³/mol. The van der Waals surface area contributed by atoms with Crippen molar-refractivity contribution in [3.05, 3.63) is 33.9 Å². The molecule has 28 heavy (non-hydrogen) atoms. The van der Waals surface area contributed by atoms with E-state index < -0.39 is 4.92 Å². The maximum Gasteiger partial charge on any atom is 0.293 e. The van der Waals surface area contributed by atoms with Crippen LogP contribution in [0.15, 0.2) is 23.4 Å². The lowest BCUT2D eigenvalue weighted by atomic mass is 10.1. The number of carbonyl (C=O) groups is 1. The van der Waals surface area contributed by atoms with Crippen molar-refractivity contribution >= 4 is 23.5 Å². The highest BCUT2D eigenvalue weighted by Crippen LogP contribution is 2.29. The molecule has 1 aromatic rings. The molecule has 1 aromatic carbocycles. The highest BCUT2D eigenvalue weighted by atomic mass is 16.6. The first kappa shape index (κ1) is 21.6. The van der Waals surface area contributed by atoms with Crippen molar-refractivity contribution in [3.8, 4) is 0 Å². The van der Waals surface area contributed by atoms with Crippen LogP contribution in [0.1, 0.15) is 33.3 Å². The van der Waals surface area contributed by atoms with E-state index in [9.17, 15) is 14.9 Å². The molecule has 1 aliphatic rings. The fourth-order valence-corrected chi connectivity index (χ4v) is 3.28. The summed E-state index contributed by atoms with van der Waals surface area (Å²) in [6.07, 6.45) is 1.37. The van der Waals surface area contributed by atoms with E-state index in [1.54, 1.807) is 17.0 Å². The summed E-state index contributed by atoms with van der Waals surface area (Å²) >= 11 is 0. The molecule has 0 spiro atoms. The molecular weight excluding hydrogens is 364 g/mol. The second-order valence-electron chi connectivity index (χ2n) is 7.10. The van der Waals surface area contributed by atoms with Gasteiger partial charge < -0.3 is 19.4 Å². The maximum absolute atomic E-state index is 12.2. The van der Waals surface area contributed by atoms with Gasteiger partial charge in [0.15, 0.2) is 6.61 Å². The molecule has 1 amide bonds. The summed E-state index contributed by atoms with van der Waals surface area (Å²) < 4.78 is 5.30. The largest absolute Gasteiger partial charge is 0.386 e. The van der Waals surface area contributed by atoms with E-state index in [1.807, 2.05) is 32.6 Å². The Hall–Kier alpha value is -2.68. The van der Waals surface area contributed by atoms with Crippen LogP contribution >= 0.6 is 0 Å². The number of morpholine rings is 1. The second-order valence-corrected chi connectivity index (χ2v) is 7.10. The summed E-state index contributed by atoms with van der Waals surface area (Å²) in [5.74, 6) is -0.157. The first-order chi connectivity index (χ1) is 13.3. The summed E-state index contributed by atoms with van der Waals surface area (Å²) in [5.41, 5.74) is 1.10. The third-order valence-electron chi connectivity index (χ3n) is 4.41. The molecule has 0 unspecified atom stereocenters. The minimum atomic E-state index is -0.407. The third-order valence-corrected chi connectivity index (χ3v) is 4.41. The molecule has 0 radical (unpaired) electrons. The fraction of sp³-hybridized carbons (Fsp3) is 0.579. The highest BCUT2D eigenvalue weighted by Gasteiger charge is 2.22. The number of nitro benzene ring substituents is 1. The van der Waals surface area contributed by atoms with Crippen LogP contribution in [0.2, 0.25) is 0 Å². The lowest BCUT2D eigenvalue weighted by Gasteiger charge is -2.30. The summed E-state index contributed by atoms with van der Waals surface area (Å²) in [6, 6.07) is 5.02. The van der Waals surface area contributed by atoms with E-state index in [1.165, 1.54) is 12.3 Å². The number of nitro groups is 1. The van der Waals surface area contributed by atoms with Crippen LogP contribution in [-0.4, -0.2) is 66.9 Å². The molecule has 0 N–H and O–H groups in total. The fourth-order valence-electron chi connectivity index (χ4n) is 3.28. The molecule has 0 atom stereocenters. The summed E-state index contributed by atoms with van der Waals surface area (Å²) in [5, 5.41) is 15.3. The highest BCUT2D eigenvalue weighted by molar-refractivity contribution is 5.83. The minimum Gasteiger partial charge on any atom is -0.386 e. The molecule has 1 aliphatic heterocycles. The number of nitrogens with zero attached hydrogens (tertiary/aromatic N) is 4. The van der Waals surface area contributed by atoms with Gasteiger partial charge in [0.1, 0.15) is 5.69 Å². The third kappa shape index (κ3) is 5.66. The first-order valence-corrected chi connectivity index (χ1v) is 9.39. The molecule has 9 heteroatoms. The number of anilines is 1. The van der Waals surface area contributed by atoms with Crippen molar-refractivity contribution in [1.29, 1.82) is 0 Å². The van der Waals surface area contributed by atoms with E-state index in [0.29, 0.717) is 37.6 Å². The van der Waals surface area contributed by atoms with Gasteiger partial charge >= 0.3 is 0 Å². The molecule has 1 saturated heterocycles. The minimum absolute atomic E-state index is 0.00715. The zero-order valence-electron chi connectivity index (χ0n) is 16.8. The lowest BCUT2D eigenvalue weighted by Crippen LogP contribution is -2.43. The van der Waals surface area contributed by atoms with Crippen molar-refractivity contribution in [2.75, 3.05) is 37.8 Å². The zero-order valence-corrected chi connectivity index (χ0v) is 16.8. The lowest BCUT2D eigenvalue weighted by molar-refractivity contribution is -0.384. The van der Waals surface area contributed by atoms with Crippen LogP contribution in [0.4, 0.5) is 11.4 Å². The van der Waals surface area contributed by atoms with Crippen molar-refractivity contribution in [3.63, 3.8) is 0 Å². The van der Waals surface area contributed by atoms with Crippen molar-refractivity contribution in [2.24, 2.45) is 5.16 Å². The van der Waals surface area contributed by atoms with Gasteiger partial charge in [-0.3, -0.25) is 14.9 Å². The number of rotatable bonds is 8. The Balaban J connectivity index is 2.02. The van der Waals surface area contributed by atoms with Gasteiger partial charge in [-0.25, -0.2) is 0 Å². The monoisotopic (exact) mass is 392 g/mol. The van der Waals surface area contributed by atoms with Gasteiger partial charge in [-0.15, -0.1) is 0 Å².